The molecular weight excluding hydrogens is 184 g/mol. The van der Waals surface area contributed by atoms with Crippen molar-refractivity contribution < 1.29 is 0 Å². The molecule has 1 aliphatic rings. The first-order valence-electron chi connectivity index (χ1n) is 5.91. The lowest BCUT2D eigenvalue weighted by Gasteiger charge is -2.28. The minimum atomic E-state index is 0.605. The van der Waals surface area contributed by atoms with Crippen LogP contribution < -0.4 is 5.32 Å². The topological polar surface area (TPSA) is 24.9 Å². The summed E-state index contributed by atoms with van der Waals surface area (Å²) in [5, 5.41) is 3.42. The molecule has 15 heavy (non-hydrogen) atoms. The third kappa shape index (κ3) is 2.37. The fourth-order valence-corrected chi connectivity index (χ4v) is 2.54. The Hall–Kier alpha value is -0.890. The van der Waals surface area contributed by atoms with Gasteiger partial charge in [-0.2, -0.15) is 0 Å². The van der Waals surface area contributed by atoms with Crippen LogP contribution >= 0.6 is 0 Å². The van der Waals surface area contributed by atoms with Crippen molar-refractivity contribution in [2.45, 2.75) is 32.6 Å². The molecule has 1 aliphatic heterocycles. The zero-order chi connectivity index (χ0) is 10.7. The van der Waals surface area contributed by atoms with Gasteiger partial charge in [-0.05, 0) is 50.4 Å². The molecule has 0 bridgehead atoms. The van der Waals surface area contributed by atoms with Crippen molar-refractivity contribution in [3.8, 4) is 0 Å². The van der Waals surface area contributed by atoms with Crippen molar-refractivity contribution in [1.82, 2.24) is 10.3 Å². The number of hydrogen-bond donors (Lipinski definition) is 1. The summed E-state index contributed by atoms with van der Waals surface area (Å²) in [5.74, 6) is 1.41. The summed E-state index contributed by atoms with van der Waals surface area (Å²) in [7, 11) is 0. The second kappa shape index (κ2) is 4.75. The van der Waals surface area contributed by atoms with Gasteiger partial charge >= 0.3 is 0 Å². The molecule has 2 heteroatoms. The van der Waals surface area contributed by atoms with E-state index in [-0.39, 0.29) is 0 Å². The highest BCUT2D eigenvalue weighted by atomic mass is 14.9. The van der Waals surface area contributed by atoms with Gasteiger partial charge in [0.25, 0.3) is 0 Å². The predicted octanol–water partition coefficient (Wildman–Crippen LogP) is 2.49. The molecule has 1 N–H and O–H groups in total. The monoisotopic (exact) mass is 204 g/mol. The van der Waals surface area contributed by atoms with Crippen LogP contribution in [0.4, 0.5) is 0 Å². The summed E-state index contributed by atoms with van der Waals surface area (Å²) in [6.45, 7) is 6.83. The van der Waals surface area contributed by atoms with Gasteiger partial charge in [-0.25, -0.2) is 0 Å². The Morgan fingerprint density at radius 2 is 2.13 bits per heavy atom. The Balaban J connectivity index is 2.12. The van der Waals surface area contributed by atoms with Gasteiger partial charge in [0.05, 0.1) is 0 Å². The number of piperidine rings is 1. The van der Waals surface area contributed by atoms with Crippen LogP contribution in [0, 0.1) is 12.8 Å². The summed E-state index contributed by atoms with van der Waals surface area (Å²) < 4.78 is 0. The molecule has 2 heterocycles. The summed E-state index contributed by atoms with van der Waals surface area (Å²) in [5.41, 5.74) is 2.63. The molecule has 1 atom stereocenters. The zero-order valence-corrected chi connectivity index (χ0v) is 9.66. The molecule has 2 nitrogen and oxygen atoms in total. The van der Waals surface area contributed by atoms with E-state index in [0.717, 1.165) is 5.92 Å². The van der Waals surface area contributed by atoms with Crippen LogP contribution in [-0.2, 0) is 0 Å². The molecule has 1 fully saturated rings. The molecule has 2 rings (SSSR count). The largest absolute Gasteiger partial charge is 0.317 e. The SMILES string of the molecule is Cc1cccnc1C(C)C1CCNCC1. The molecule has 0 saturated carbocycles. The van der Waals surface area contributed by atoms with Crippen molar-refractivity contribution in [1.29, 1.82) is 0 Å². The van der Waals surface area contributed by atoms with Crippen LogP contribution in [0.2, 0.25) is 0 Å². The van der Waals surface area contributed by atoms with Gasteiger partial charge in [0.1, 0.15) is 0 Å². The van der Waals surface area contributed by atoms with E-state index in [1.807, 2.05) is 12.3 Å². The van der Waals surface area contributed by atoms with E-state index < -0.39 is 0 Å². The molecule has 1 saturated heterocycles. The molecule has 82 valence electrons. The van der Waals surface area contributed by atoms with E-state index in [1.165, 1.54) is 37.2 Å². The predicted molar refractivity (Wildman–Crippen MR) is 63.0 cm³/mol. The standard InChI is InChI=1S/C13H20N2/c1-10-4-3-7-15-13(10)11(2)12-5-8-14-9-6-12/h3-4,7,11-12,14H,5-6,8-9H2,1-2H3. The van der Waals surface area contributed by atoms with Crippen molar-refractivity contribution in [3.63, 3.8) is 0 Å². The molecule has 0 aromatic carbocycles. The summed E-state index contributed by atoms with van der Waals surface area (Å²) in [6, 6.07) is 4.19. The number of nitrogens with one attached hydrogen (secondary N) is 1. The quantitative estimate of drug-likeness (QED) is 0.800. The fourth-order valence-electron chi connectivity index (χ4n) is 2.54. The van der Waals surface area contributed by atoms with Crippen molar-refractivity contribution in [2.24, 2.45) is 5.92 Å². The van der Waals surface area contributed by atoms with Crippen molar-refractivity contribution in [2.75, 3.05) is 13.1 Å². The smallest absolute Gasteiger partial charge is 0.0463 e. The Kier molecular flexibility index (Phi) is 3.37. The first kappa shape index (κ1) is 10.6. The van der Waals surface area contributed by atoms with Crippen LogP contribution in [0.3, 0.4) is 0 Å². The van der Waals surface area contributed by atoms with Crippen LogP contribution in [0.5, 0.6) is 0 Å². The molecule has 0 amide bonds. The maximum Gasteiger partial charge on any atom is 0.0463 e. The maximum absolute atomic E-state index is 4.53. The summed E-state index contributed by atoms with van der Waals surface area (Å²) in [4.78, 5) is 4.53. The lowest BCUT2D eigenvalue weighted by atomic mass is 9.83. The third-order valence-corrected chi connectivity index (χ3v) is 3.57. The Morgan fingerprint density at radius 3 is 2.80 bits per heavy atom. The van der Waals surface area contributed by atoms with E-state index in [1.54, 1.807) is 0 Å². The van der Waals surface area contributed by atoms with E-state index in [4.69, 9.17) is 0 Å². The van der Waals surface area contributed by atoms with Crippen LogP contribution in [0.1, 0.15) is 36.9 Å². The second-order valence-electron chi connectivity index (χ2n) is 4.58. The number of pyridine rings is 1. The summed E-state index contributed by atoms with van der Waals surface area (Å²) in [6.07, 6.45) is 4.49. The number of nitrogens with zero attached hydrogens (tertiary/aromatic N) is 1. The van der Waals surface area contributed by atoms with Gasteiger partial charge < -0.3 is 5.32 Å². The Bertz CT molecular complexity index is 316. The van der Waals surface area contributed by atoms with E-state index in [9.17, 15) is 0 Å². The lowest BCUT2D eigenvalue weighted by Crippen LogP contribution is -2.30. The van der Waals surface area contributed by atoms with Gasteiger partial charge in [-0.1, -0.05) is 13.0 Å². The average molecular weight is 204 g/mol. The molecule has 1 unspecified atom stereocenters. The highest BCUT2D eigenvalue weighted by Gasteiger charge is 2.22. The van der Waals surface area contributed by atoms with Gasteiger partial charge in [-0.3, -0.25) is 4.98 Å². The van der Waals surface area contributed by atoms with Crippen LogP contribution in [-0.4, -0.2) is 18.1 Å². The molecule has 0 aliphatic carbocycles. The molecule has 0 spiro atoms. The van der Waals surface area contributed by atoms with Gasteiger partial charge in [0.2, 0.25) is 0 Å². The first-order valence-corrected chi connectivity index (χ1v) is 5.91. The summed E-state index contributed by atoms with van der Waals surface area (Å²) >= 11 is 0. The lowest BCUT2D eigenvalue weighted by molar-refractivity contribution is 0.326. The normalized spacial score (nSPS) is 20.1. The van der Waals surface area contributed by atoms with Crippen molar-refractivity contribution >= 4 is 0 Å². The average Bonchev–Trinajstić information content (AvgIpc) is 2.30. The van der Waals surface area contributed by atoms with Crippen LogP contribution in [0.15, 0.2) is 18.3 Å². The Morgan fingerprint density at radius 1 is 1.40 bits per heavy atom. The van der Waals surface area contributed by atoms with Gasteiger partial charge in [-0.15, -0.1) is 0 Å². The van der Waals surface area contributed by atoms with Gasteiger partial charge in [0.15, 0.2) is 0 Å². The minimum Gasteiger partial charge on any atom is -0.317 e. The number of aromatic nitrogens is 1. The van der Waals surface area contributed by atoms with Gasteiger partial charge in [0, 0.05) is 17.8 Å². The molecule has 1 aromatic rings. The number of aryl methyl sites for hydroxylation is 1. The maximum atomic E-state index is 4.53. The highest BCUT2D eigenvalue weighted by Crippen LogP contribution is 2.30. The van der Waals surface area contributed by atoms with E-state index in [2.05, 4.69) is 30.2 Å². The number of hydrogen-bond acceptors (Lipinski definition) is 2. The molecular formula is C13H20N2. The first-order chi connectivity index (χ1) is 7.29. The third-order valence-electron chi connectivity index (χ3n) is 3.57. The number of rotatable bonds is 2. The molecule has 0 radical (unpaired) electrons. The Labute approximate surface area is 92.1 Å². The van der Waals surface area contributed by atoms with E-state index >= 15 is 0 Å². The highest BCUT2D eigenvalue weighted by molar-refractivity contribution is 5.21. The van der Waals surface area contributed by atoms with Crippen LogP contribution in [0.25, 0.3) is 0 Å². The minimum absolute atomic E-state index is 0.605. The van der Waals surface area contributed by atoms with Crippen molar-refractivity contribution in [3.05, 3.63) is 29.6 Å². The van der Waals surface area contributed by atoms with E-state index in [0.29, 0.717) is 5.92 Å². The zero-order valence-electron chi connectivity index (χ0n) is 9.66. The second-order valence-corrected chi connectivity index (χ2v) is 4.58. The molecule has 1 aromatic heterocycles. The fraction of sp³-hybridized carbons (Fsp3) is 0.615.